The number of hydrogen-bond donors (Lipinski definition) is 2. The van der Waals surface area contributed by atoms with E-state index in [4.69, 9.17) is 9.05 Å². The maximum absolute atomic E-state index is 12.9. The van der Waals surface area contributed by atoms with E-state index in [2.05, 4.69) is 129 Å². The molecule has 0 aromatic rings. The fraction of sp³-hybridized carbons (Fsp3) is 0.650. The van der Waals surface area contributed by atoms with Gasteiger partial charge in [-0.1, -0.05) is 225 Å². The van der Waals surface area contributed by atoms with Crippen molar-refractivity contribution in [1.82, 2.24) is 5.32 Å². The summed E-state index contributed by atoms with van der Waals surface area (Å²) in [7, 11) is 1.24. The van der Waals surface area contributed by atoms with Gasteiger partial charge in [0.2, 0.25) is 5.91 Å². The monoisotopic (exact) mass is 979 g/mol. The van der Waals surface area contributed by atoms with Crippen molar-refractivity contribution < 1.29 is 32.9 Å². The summed E-state index contributed by atoms with van der Waals surface area (Å²) in [6.45, 7) is 4.48. The number of nitrogens with zero attached hydrogens (tertiary/aromatic N) is 1. The van der Waals surface area contributed by atoms with Crippen molar-refractivity contribution in [2.24, 2.45) is 0 Å². The molecule has 3 atom stereocenters. The molecule has 0 radical (unpaired) electrons. The minimum absolute atomic E-state index is 0.00816. The number of unbranched alkanes of at least 4 members (excludes halogenated alkanes) is 17. The average Bonchev–Trinajstić information content (AvgIpc) is 3.31. The highest BCUT2D eigenvalue weighted by molar-refractivity contribution is 7.45. The molecule has 0 aliphatic carbocycles. The van der Waals surface area contributed by atoms with E-state index in [0.717, 1.165) is 109 Å². The van der Waals surface area contributed by atoms with Gasteiger partial charge in [0.1, 0.15) is 13.2 Å². The predicted octanol–water partition coefficient (Wildman–Crippen LogP) is 16.0. The lowest BCUT2D eigenvalue weighted by atomic mass is 10.0. The molecule has 0 saturated heterocycles. The molecule has 0 fully saturated rings. The van der Waals surface area contributed by atoms with Gasteiger partial charge in [0.15, 0.2) is 0 Å². The van der Waals surface area contributed by atoms with E-state index in [-0.39, 0.29) is 19.1 Å². The molecule has 0 aromatic carbocycles. The molecule has 0 saturated carbocycles. The van der Waals surface area contributed by atoms with Crippen LogP contribution in [0.2, 0.25) is 0 Å². The molecule has 0 aliphatic heterocycles. The highest BCUT2D eigenvalue weighted by atomic mass is 31.2. The summed E-state index contributed by atoms with van der Waals surface area (Å²) in [6, 6.07) is -0.896. The van der Waals surface area contributed by atoms with Gasteiger partial charge in [0.25, 0.3) is 7.82 Å². The average molecular weight is 979 g/mol. The van der Waals surface area contributed by atoms with Gasteiger partial charge in [0, 0.05) is 6.42 Å². The van der Waals surface area contributed by atoms with E-state index in [1.165, 1.54) is 70.6 Å². The number of carbonyl (C=O) groups is 1. The van der Waals surface area contributed by atoms with E-state index in [1.807, 2.05) is 27.2 Å². The van der Waals surface area contributed by atoms with E-state index < -0.39 is 20.0 Å². The van der Waals surface area contributed by atoms with Gasteiger partial charge in [0.05, 0.1) is 39.9 Å². The third-order valence-electron chi connectivity index (χ3n) is 11.4. The molecule has 0 bridgehead atoms. The summed E-state index contributed by atoms with van der Waals surface area (Å²) in [5.74, 6) is -0.212. The van der Waals surface area contributed by atoms with Crippen LogP contribution in [0.3, 0.4) is 0 Å². The summed E-state index contributed by atoms with van der Waals surface area (Å²) in [5, 5.41) is 13.8. The lowest BCUT2D eigenvalue weighted by molar-refractivity contribution is -0.870. The van der Waals surface area contributed by atoms with Gasteiger partial charge in [-0.05, 0) is 89.9 Å². The standard InChI is InChI=1S/C60H103N2O6P/c1-6-8-10-12-14-16-18-19-20-21-22-23-24-25-26-27-28-29-30-31-32-33-34-35-36-37-38-39-40-41-42-43-44-46-48-50-52-54-60(64)61-58(57-68-69(65,66)67-56-55-62(3,4)5)59(63)53-51-49-47-45-17-15-13-11-9-7-2/h8,10,14,16,19-20,22-23,25-26,28-29,31-32,34-35,37-38,51,53,58-59,63H,6-7,9,11-13,15,17-18,21,24,27,30,33,36,39-50,52,54-57H2,1-5H3,(H-,61,64,65,66)/b10-8-,16-14-,20-19-,23-22-,26-25-,29-28-,32-31-,35-34-,38-37-,53-51+. The third kappa shape index (κ3) is 52.6. The van der Waals surface area contributed by atoms with Crippen molar-refractivity contribution in [3.8, 4) is 0 Å². The lowest BCUT2D eigenvalue weighted by Gasteiger charge is -2.29. The first-order chi connectivity index (χ1) is 33.5. The minimum atomic E-state index is -4.60. The Balaban J connectivity index is 4.09. The number of phosphoric acid groups is 1. The third-order valence-corrected chi connectivity index (χ3v) is 12.4. The van der Waals surface area contributed by atoms with Gasteiger partial charge in [-0.2, -0.15) is 0 Å². The van der Waals surface area contributed by atoms with Crippen LogP contribution < -0.4 is 10.2 Å². The normalized spacial score (nSPS) is 14.9. The van der Waals surface area contributed by atoms with E-state index in [9.17, 15) is 19.4 Å². The van der Waals surface area contributed by atoms with Crippen LogP contribution in [-0.2, 0) is 18.4 Å². The Bertz CT molecular complexity index is 1530. The largest absolute Gasteiger partial charge is 0.756 e. The first kappa shape index (κ1) is 65.9. The van der Waals surface area contributed by atoms with Gasteiger partial charge < -0.3 is 28.8 Å². The van der Waals surface area contributed by atoms with Crippen LogP contribution in [0.4, 0.5) is 0 Å². The first-order valence-electron chi connectivity index (χ1n) is 27.4. The summed E-state index contributed by atoms with van der Waals surface area (Å²) in [5.41, 5.74) is 0. The van der Waals surface area contributed by atoms with Gasteiger partial charge in [-0.15, -0.1) is 0 Å². The number of allylic oxidation sites excluding steroid dienone is 19. The van der Waals surface area contributed by atoms with Crippen LogP contribution in [0.15, 0.2) is 122 Å². The Kier molecular flexibility index (Phi) is 47.6. The summed E-state index contributed by atoms with van der Waals surface area (Å²) in [6.07, 6.45) is 74.2. The maximum Gasteiger partial charge on any atom is 0.268 e. The summed E-state index contributed by atoms with van der Waals surface area (Å²) in [4.78, 5) is 25.4. The van der Waals surface area contributed by atoms with Crippen LogP contribution in [0, 0.1) is 0 Å². The predicted molar refractivity (Wildman–Crippen MR) is 297 cm³/mol. The second kappa shape index (κ2) is 49.9. The number of nitrogens with one attached hydrogen (secondary N) is 1. The van der Waals surface area contributed by atoms with E-state index in [1.54, 1.807) is 6.08 Å². The molecule has 0 heterocycles. The fourth-order valence-corrected chi connectivity index (χ4v) is 7.87. The highest BCUT2D eigenvalue weighted by Gasteiger charge is 2.23. The minimum Gasteiger partial charge on any atom is -0.756 e. The zero-order valence-corrected chi connectivity index (χ0v) is 45.6. The van der Waals surface area contributed by atoms with E-state index in [0.29, 0.717) is 17.4 Å². The summed E-state index contributed by atoms with van der Waals surface area (Å²) >= 11 is 0. The molecule has 3 unspecified atom stereocenters. The van der Waals surface area contributed by atoms with Gasteiger partial charge in [-0.3, -0.25) is 9.36 Å². The zero-order valence-electron chi connectivity index (χ0n) is 44.7. The molecule has 69 heavy (non-hydrogen) atoms. The van der Waals surface area contributed by atoms with Crippen LogP contribution in [0.5, 0.6) is 0 Å². The number of aliphatic hydroxyl groups is 1. The number of aliphatic hydroxyl groups excluding tert-OH is 1. The van der Waals surface area contributed by atoms with Crippen molar-refractivity contribution in [2.75, 3.05) is 40.9 Å². The SMILES string of the molecule is CC/C=C\C/C=C\C/C=C\C/C=C\C/C=C\C/C=C\C/C=C\C/C=C\C/C=C\CCCCCCCCCCCC(=O)NC(COP(=O)([O-])OCC[N+](C)(C)C)C(O)/C=C/CCCCCCCCCC. The molecule has 0 spiro atoms. The molecule has 394 valence electrons. The van der Waals surface area contributed by atoms with Crippen LogP contribution in [-0.4, -0.2) is 68.5 Å². The number of rotatable bonds is 48. The molecule has 8 nitrogen and oxygen atoms in total. The topological polar surface area (TPSA) is 108 Å². The molecule has 9 heteroatoms. The van der Waals surface area contributed by atoms with E-state index >= 15 is 0 Å². The Morgan fingerprint density at radius 3 is 1.29 bits per heavy atom. The molecule has 0 aromatic heterocycles. The van der Waals surface area contributed by atoms with Crippen molar-refractivity contribution in [3.05, 3.63) is 122 Å². The summed E-state index contributed by atoms with van der Waals surface area (Å²) < 4.78 is 23.2. The Labute approximate surface area is 424 Å². The number of phosphoric ester groups is 1. The first-order valence-corrected chi connectivity index (χ1v) is 28.9. The Hall–Kier alpha value is -3.10. The second-order valence-electron chi connectivity index (χ2n) is 19.2. The molecule has 0 aliphatic rings. The molecule has 1 amide bonds. The molecular weight excluding hydrogens is 876 g/mol. The smallest absolute Gasteiger partial charge is 0.268 e. The highest BCUT2D eigenvalue weighted by Crippen LogP contribution is 2.38. The number of amides is 1. The van der Waals surface area contributed by atoms with Crippen molar-refractivity contribution in [3.63, 3.8) is 0 Å². The fourth-order valence-electron chi connectivity index (χ4n) is 7.14. The number of likely N-dealkylation sites (N-methyl/N-ethyl adjacent to an activating group) is 1. The Morgan fingerprint density at radius 1 is 0.522 bits per heavy atom. The van der Waals surface area contributed by atoms with Crippen LogP contribution >= 0.6 is 7.82 Å². The number of quaternary nitrogens is 1. The van der Waals surface area contributed by atoms with Crippen molar-refractivity contribution in [2.45, 2.75) is 212 Å². The molecule has 0 rings (SSSR count). The zero-order chi connectivity index (χ0) is 50.6. The van der Waals surface area contributed by atoms with Crippen LogP contribution in [0.1, 0.15) is 200 Å². The van der Waals surface area contributed by atoms with Crippen LogP contribution in [0.25, 0.3) is 0 Å². The number of carbonyl (C=O) groups excluding carboxylic acids is 1. The van der Waals surface area contributed by atoms with Crippen molar-refractivity contribution >= 4 is 13.7 Å². The number of hydrogen-bond acceptors (Lipinski definition) is 6. The van der Waals surface area contributed by atoms with Gasteiger partial charge in [-0.25, -0.2) is 0 Å². The van der Waals surface area contributed by atoms with Crippen molar-refractivity contribution in [1.29, 1.82) is 0 Å². The second-order valence-corrected chi connectivity index (χ2v) is 20.6. The molecule has 2 N–H and O–H groups in total. The maximum atomic E-state index is 12.9. The van der Waals surface area contributed by atoms with Gasteiger partial charge >= 0.3 is 0 Å². The Morgan fingerprint density at radius 2 is 0.884 bits per heavy atom. The molecular formula is C60H103N2O6P. The quantitative estimate of drug-likeness (QED) is 0.0272. The lowest BCUT2D eigenvalue weighted by Crippen LogP contribution is -2.45.